The standard InChI is InChI=1S/C16H18N2/c1-3-9-18(4-2)12-15-10-13-7-5-6-8-14(13)11-16(15)17/h1,5-8,10-11H,4,9,12,17H2,2H3. The summed E-state index contributed by atoms with van der Waals surface area (Å²) in [7, 11) is 0. The average Bonchev–Trinajstić information content (AvgIpc) is 2.39. The fourth-order valence-corrected chi connectivity index (χ4v) is 2.09. The Morgan fingerprint density at radius 1 is 1.22 bits per heavy atom. The van der Waals surface area contributed by atoms with E-state index in [4.69, 9.17) is 12.2 Å². The number of rotatable bonds is 4. The first-order valence-corrected chi connectivity index (χ1v) is 6.17. The Labute approximate surface area is 108 Å². The molecule has 2 heteroatoms. The molecule has 0 bridgehead atoms. The molecule has 0 spiro atoms. The molecule has 2 aromatic rings. The van der Waals surface area contributed by atoms with Crippen LogP contribution in [0.2, 0.25) is 0 Å². The van der Waals surface area contributed by atoms with Crippen molar-refractivity contribution < 1.29 is 0 Å². The van der Waals surface area contributed by atoms with E-state index >= 15 is 0 Å². The lowest BCUT2D eigenvalue weighted by Gasteiger charge is -2.19. The van der Waals surface area contributed by atoms with E-state index < -0.39 is 0 Å². The summed E-state index contributed by atoms with van der Waals surface area (Å²) in [5.74, 6) is 2.68. The van der Waals surface area contributed by atoms with Crippen LogP contribution in [0.25, 0.3) is 10.8 Å². The van der Waals surface area contributed by atoms with E-state index in [0.29, 0.717) is 6.54 Å². The van der Waals surface area contributed by atoms with Gasteiger partial charge in [0.25, 0.3) is 0 Å². The van der Waals surface area contributed by atoms with Crippen molar-refractivity contribution in [2.24, 2.45) is 0 Å². The van der Waals surface area contributed by atoms with Gasteiger partial charge >= 0.3 is 0 Å². The molecule has 2 N–H and O–H groups in total. The maximum atomic E-state index is 6.11. The summed E-state index contributed by atoms with van der Waals surface area (Å²) in [6.07, 6.45) is 5.36. The maximum Gasteiger partial charge on any atom is 0.0601 e. The lowest BCUT2D eigenvalue weighted by Crippen LogP contribution is -2.23. The van der Waals surface area contributed by atoms with Gasteiger partial charge in [-0.15, -0.1) is 6.42 Å². The minimum absolute atomic E-state index is 0.656. The van der Waals surface area contributed by atoms with Gasteiger partial charge in [0.1, 0.15) is 0 Å². The van der Waals surface area contributed by atoms with E-state index in [1.54, 1.807) is 0 Å². The van der Waals surface area contributed by atoms with Crippen LogP contribution in [0.3, 0.4) is 0 Å². The predicted molar refractivity (Wildman–Crippen MR) is 78.1 cm³/mol. The fourth-order valence-electron chi connectivity index (χ4n) is 2.09. The van der Waals surface area contributed by atoms with Crippen molar-refractivity contribution in [3.05, 3.63) is 42.0 Å². The summed E-state index contributed by atoms with van der Waals surface area (Å²) >= 11 is 0. The fraction of sp³-hybridized carbons (Fsp3) is 0.250. The average molecular weight is 238 g/mol. The Morgan fingerprint density at radius 2 is 1.89 bits per heavy atom. The zero-order chi connectivity index (χ0) is 13.0. The largest absolute Gasteiger partial charge is 0.398 e. The first kappa shape index (κ1) is 12.5. The molecule has 0 saturated heterocycles. The lowest BCUT2D eigenvalue weighted by atomic mass is 10.0. The van der Waals surface area contributed by atoms with Crippen molar-refractivity contribution in [1.29, 1.82) is 0 Å². The molecule has 0 amide bonds. The first-order valence-electron chi connectivity index (χ1n) is 6.17. The predicted octanol–water partition coefficient (Wildman–Crippen LogP) is 2.88. The highest BCUT2D eigenvalue weighted by Crippen LogP contribution is 2.22. The molecule has 0 atom stereocenters. The van der Waals surface area contributed by atoms with Gasteiger partial charge in [-0.1, -0.05) is 37.1 Å². The van der Waals surface area contributed by atoms with Crippen LogP contribution in [0, 0.1) is 12.3 Å². The Balaban J connectivity index is 2.33. The van der Waals surface area contributed by atoms with Crippen LogP contribution < -0.4 is 5.73 Å². The Kier molecular flexibility index (Phi) is 3.86. The van der Waals surface area contributed by atoms with Gasteiger partial charge in [0.2, 0.25) is 0 Å². The number of nitrogens with zero attached hydrogens (tertiary/aromatic N) is 1. The minimum atomic E-state index is 0.656. The second-order valence-corrected chi connectivity index (χ2v) is 4.41. The molecule has 2 nitrogen and oxygen atoms in total. The van der Waals surface area contributed by atoms with Crippen LogP contribution in [0.4, 0.5) is 5.69 Å². The number of fused-ring (bicyclic) bond motifs is 1. The zero-order valence-electron chi connectivity index (χ0n) is 10.7. The normalized spacial score (nSPS) is 10.7. The molecule has 2 aromatic carbocycles. The molecule has 18 heavy (non-hydrogen) atoms. The van der Waals surface area contributed by atoms with Crippen LogP contribution in [0.5, 0.6) is 0 Å². The number of nitrogens with two attached hydrogens (primary N) is 1. The Hall–Kier alpha value is -1.98. The van der Waals surface area contributed by atoms with Gasteiger partial charge in [-0.05, 0) is 35.0 Å². The van der Waals surface area contributed by atoms with E-state index in [0.717, 1.165) is 24.3 Å². The third-order valence-corrected chi connectivity index (χ3v) is 3.16. The summed E-state index contributed by atoms with van der Waals surface area (Å²) in [5.41, 5.74) is 8.09. The number of benzene rings is 2. The van der Waals surface area contributed by atoms with Gasteiger partial charge in [0.15, 0.2) is 0 Å². The molecule has 0 heterocycles. The summed E-state index contributed by atoms with van der Waals surface area (Å²) in [6, 6.07) is 12.4. The van der Waals surface area contributed by atoms with E-state index in [9.17, 15) is 0 Å². The molecule has 0 unspecified atom stereocenters. The van der Waals surface area contributed by atoms with Crippen molar-refractivity contribution in [1.82, 2.24) is 4.90 Å². The number of hydrogen-bond acceptors (Lipinski definition) is 2. The molecule has 0 aromatic heterocycles. The summed E-state index contributed by atoms with van der Waals surface area (Å²) in [6.45, 7) is 4.49. The van der Waals surface area contributed by atoms with Gasteiger partial charge in [-0.25, -0.2) is 0 Å². The van der Waals surface area contributed by atoms with E-state index in [1.165, 1.54) is 10.8 Å². The van der Waals surface area contributed by atoms with Gasteiger partial charge < -0.3 is 5.73 Å². The van der Waals surface area contributed by atoms with Crippen LogP contribution >= 0.6 is 0 Å². The second kappa shape index (κ2) is 5.57. The molecule has 0 aliphatic carbocycles. The van der Waals surface area contributed by atoms with E-state index in [2.05, 4.69) is 35.9 Å². The summed E-state index contributed by atoms with van der Waals surface area (Å²) < 4.78 is 0. The minimum Gasteiger partial charge on any atom is -0.398 e. The smallest absolute Gasteiger partial charge is 0.0601 e. The number of terminal acetylenes is 1. The zero-order valence-corrected chi connectivity index (χ0v) is 10.7. The highest BCUT2D eigenvalue weighted by atomic mass is 15.1. The van der Waals surface area contributed by atoms with Gasteiger partial charge in [0, 0.05) is 12.2 Å². The highest BCUT2D eigenvalue weighted by Gasteiger charge is 2.06. The summed E-state index contributed by atoms with van der Waals surface area (Å²) in [4.78, 5) is 2.19. The second-order valence-electron chi connectivity index (χ2n) is 4.41. The van der Waals surface area contributed by atoms with Crippen molar-refractivity contribution in [2.45, 2.75) is 13.5 Å². The van der Waals surface area contributed by atoms with E-state index in [-0.39, 0.29) is 0 Å². The van der Waals surface area contributed by atoms with E-state index in [1.807, 2.05) is 18.2 Å². The number of hydrogen-bond donors (Lipinski definition) is 1. The number of anilines is 1. The molecular weight excluding hydrogens is 220 g/mol. The quantitative estimate of drug-likeness (QED) is 0.655. The molecule has 0 fully saturated rings. The van der Waals surface area contributed by atoms with Crippen LogP contribution in [-0.2, 0) is 6.54 Å². The molecule has 0 aliphatic rings. The van der Waals surface area contributed by atoms with Crippen LogP contribution in [0.15, 0.2) is 36.4 Å². The Bertz CT molecular complexity index is 581. The van der Waals surface area contributed by atoms with Crippen molar-refractivity contribution in [2.75, 3.05) is 18.8 Å². The topological polar surface area (TPSA) is 29.3 Å². The molecule has 2 rings (SSSR count). The van der Waals surface area contributed by atoms with Crippen molar-refractivity contribution in [3.63, 3.8) is 0 Å². The van der Waals surface area contributed by atoms with Crippen LogP contribution in [0.1, 0.15) is 12.5 Å². The molecule has 0 aliphatic heterocycles. The molecule has 0 radical (unpaired) electrons. The van der Waals surface area contributed by atoms with Crippen LogP contribution in [-0.4, -0.2) is 18.0 Å². The SMILES string of the molecule is C#CCN(CC)Cc1cc2ccccc2cc1N. The summed E-state index contributed by atoms with van der Waals surface area (Å²) in [5, 5.41) is 2.40. The molecular formula is C16H18N2. The van der Waals surface area contributed by atoms with Crippen molar-refractivity contribution in [3.8, 4) is 12.3 Å². The Morgan fingerprint density at radius 3 is 2.50 bits per heavy atom. The highest BCUT2D eigenvalue weighted by molar-refractivity contribution is 5.86. The number of nitrogen functional groups attached to an aromatic ring is 1. The third kappa shape index (κ3) is 2.64. The van der Waals surface area contributed by atoms with Gasteiger partial charge in [-0.3, -0.25) is 4.90 Å². The lowest BCUT2D eigenvalue weighted by molar-refractivity contribution is 0.317. The van der Waals surface area contributed by atoms with Crippen molar-refractivity contribution >= 4 is 16.5 Å². The maximum absolute atomic E-state index is 6.11. The first-order chi connectivity index (χ1) is 8.74. The molecule has 92 valence electrons. The third-order valence-electron chi connectivity index (χ3n) is 3.16. The molecule has 0 saturated carbocycles. The van der Waals surface area contributed by atoms with Gasteiger partial charge in [-0.2, -0.15) is 0 Å². The van der Waals surface area contributed by atoms with Gasteiger partial charge in [0.05, 0.1) is 6.54 Å². The monoisotopic (exact) mass is 238 g/mol.